The van der Waals surface area contributed by atoms with Gasteiger partial charge in [0, 0.05) is 25.1 Å². The van der Waals surface area contributed by atoms with Crippen molar-refractivity contribution >= 4 is 11.8 Å². The van der Waals surface area contributed by atoms with Gasteiger partial charge in [-0.1, -0.05) is 18.2 Å². The van der Waals surface area contributed by atoms with E-state index < -0.39 is 0 Å². The van der Waals surface area contributed by atoms with E-state index in [4.69, 9.17) is 9.47 Å². The number of ether oxygens (including phenoxy) is 2. The predicted molar refractivity (Wildman–Crippen MR) is 90.4 cm³/mol. The van der Waals surface area contributed by atoms with Crippen LogP contribution in [0.5, 0.6) is 11.6 Å². The number of anilines is 1. The predicted octanol–water partition coefficient (Wildman–Crippen LogP) is 2.85. The van der Waals surface area contributed by atoms with Crippen molar-refractivity contribution in [3.63, 3.8) is 0 Å². The fourth-order valence-corrected chi connectivity index (χ4v) is 2.90. The molecule has 1 atom stereocenters. The van der Waals surface area contributed by atoms with E-state index in [1.807, 2.05) is 38.1 Å². The Morgan fingerprint density at radius 3 is 2.88 bits per heavy atom. The largest absolute Gasteiger partial charge is 0.487 e. The fourth-order valence-electron chi connectivity index (χ4n) is 2.90. The molecule has 0 bridgehead atoms. The molecule has 0 saturated carbocycles. The van der Waals surface area contributed by atoms with Crippen molar-refractivity contribution in [3.8, 4) is 11.6 Å². The molecule has 2 heterocycles. The van der Waals surface area contributed by atoms with Gasteiger partial charge in [0.05, 0.1) is 13.2 Å². The van der Waals surface area contributed by atoms with Crippen LogP contribution in [0.1, 0.15) is 31.9 Å². The normalized spacial score (nSPS) is 18.2. The summed E-state index contributed by atoms with van der Waals surface area (Å²) in [6, 6.07) is 9.02. The van der Waals surface area contributed by atoms with Crippen LogP contribution in [0, 0.1) is 0 Å². The summed E-state index contributed by atoms with van der Waals surface area (Å²) in [7, 11) is 3.28. The highest BCUT2D eigenvalue weighted by molar-refractivity contribution is 5.88. The molecule has 0 radical (unpaired) electrons. The zero-order valence-electron chi connectivity index (χ0n) is 14.3. The number of nitrogens with one attached hydrogen (secondary N) is 2. The van der Waals surface area contributed by atoms with Crippen LogP contribution in [0.3, 0.4) is 0 Å². The maximum absolute atomic E-state index is 12.4. The smallest absolute Gasteiger partial charge is 0.320 e. The van der Waals surface area contributed by atoms with E-state index in [0.29, 0.717) is 18.1 Å². The van der Waals surface area contributed by atoms with Crippen molar-refractivity contribution in [2.24, 2.45) is 7.05 Å². The number of para-hydroxylation sites is 1. The minimum Gasteiger partial charge on any atom is -0.487 e. The molecule has 2 aromatic rings. The Balaban J connectivity index is 1.75. The average molecular weight is 330 g/mol. The number of nitrogens with zero attached hydrogens (tertiary/aromatic N) is 2. The molecule has 2 N–H and O–H groups in total. The summed E-state index contributed by atoms with van der Waals surface area (Å²) >= 11 is 0. The van der Waals surface area contributed by atoms with Crippen LogP contribution in [0.2, 0.25) is 0 Å². The standard InChI is InChI=1S/C17H22N4O3/c1-17(2)10-12(11-7-5-6-8-13(11)24-17)18-16(22)19-14-9-15(23-4)20-21(14)3/h5-9,12H,10H2,1-4H3,(H2,18,19,22). The number of aromatic nitrogens is 2. The van der Waals surface area contributed by atoms with Crippen LogP contribution in [0.15, 0.2) is 30.3 Å². The number of hydrogen-bond acceptors (Lipinski definition) is 4. The molecule has 3 rings (SSSR count). The third-order valence-electron chi connectivity index (χ3n) is 3.99. The van der Waals surface area contributed by atoms with Gasteiger partial charge in [-0.15, -0.1) is 5.10 Å². The van der Waals surface area contributed by atoms with E-state index in [2.05, 4.69) is 15.7 Å². The molecule has 1 aromatic carbocycles. The second-order valence-corrected chi connectivity index (χ2v) is 6.45. The number of hydrogen-bond donors (Lipinski definition) is 2. The molecule has 2 amide bonds. The van der Waals surface area contributed by atoms with Crippen LogP contribution in [0.4, 0.5) is 10.6 Å². The van der Waals surface area contributed by atoms with Gasteiger partial charge in [0.1, 0.15) is 17.2 Å². The van der Waals surface area contributed by atoms with Crippen LogP contribution >= 0.6 is 0 Å². The second-order valence-electron chi connectivity index (χ2n) is 6.45. The summed E-state index contributed by atoms with van der Waals surface area (Å²) in [6.07, 6.45) is 0.687. The van der Waals surface area contributed by atoms with Gasteiger partial charge in [0.15, 0.2) is 0 Å². The molecule has 7 heteroatoms. The lowest BCUT2D eigenvalue weighted by Gasteiger charge is -2.37. The van der Waals surface area contributed by atoms with Crippen molar-refractivity contribution in [1.82, 2.24) is 15.1 Å². The van der Waals surface area contributed by atoms with Gasteiger partial charge < -0.3 is 14.8 Å². The van der Waals surface area contributed by atoms with Crippen molar-refractivity contribution in [1.29, 1.82) is 0 Å². The molecule has 1 aliphatic rings. The molecule has 1 unspecified atom stereocenters. The molecule has 0 fully saturated rings. The van der Waals surface area contributed by atoms with Crippen molar-refractivity contribution in [3.05, 3.63) is 35.9 Å². The SMILES string of the molecule is COc1cc(NC(=O)NC2CC(C)(C)Oc3ccccc32)n(C)n1. The first-order valence-electron chi connectivity index (χ1n) is 7.81. The summed E-state index contributed by atoms with van der Waals surface area (Å²) in [5.41, 5.74) is 0.636. The molecular formula is C17H22N4O3. The fraction of sp³-hybridized carbons (Fsp3) is 0.412. The lowest BCUT2D eigenvalue weighted by atomic mass is 9.90. The zero-order chi connectivity index (χ0) is 17.3. The number of benzene rings is 1. The molecular weight excluding hydrogens is 308 g/mol. The van der Waals surface area contributed by atoms with Crippen LogP contribution in [-0.2, 0) is 7.05 Å². The Bertz CT molecular complexity index is 754. The Hall–Kier alpha value is -2.70. The summed E-state index contributed by atoms with van der Waals surface area (Å²) in [5, 5.41) is 9.94. The first-order valence-corrected chi connectivity index (χ1v) is 7.81. The number of rotatable bonds is 3. The Morgan fingerprint density at radius 1 is 1.42 bits per heavy atom. The maximum Gasteiger partial charge on any atom is 0.320 e. The monoisotopic (exact) mass is 330 g/mol. The van der Waals surface area contributed by atoms with Crippen LogP contribution < -0.4 is 20.1 Å². The number of carbonyl (C=O) groups excluding carboxylic acids is 1. The Morgan fingerprint density at radius 2 is 2.17 bits per heavy atom. The maximum atomic E-state index is 12.4. The van der Waals surface area contributed by atoms with E-state index in [1.165, 1.54) is 7.11 Å². The molecule has 0 spiro atoms. The minimum atomic E-state index is -0.345. The molecule has 128 valence electrons. The molecule has 1 aromatic heterocycles. The number of fused-ring (bicyclic) bond motifs is 1. The van der Waals surface area contributed by atoms with Gasteiger partial charge in [-0.2, -0.15) is 0 Å². The minimum absolute atomic E-state index is 0.125. The summed E-state index contributed by atoms with van der Waals surface area (Å²) < 4.78 is 12.6. The van der Waals surface area contributed by atoms with Crippen molar-refractivity contribution in [2.75, 3.05) is 12.4 Å². The van der Waals surface area contributed by atoms with Crippen molar-refractivity contribution < 1.29 is 14.3 Å². The van der Waals surface area contributed by atoms with E-state index in [1.54, 1.807) is 17.8 Å². The highest BCUT2D eigenvalue weighted by atomic mass is 16.5. The molecule has 7 nitrogen and oxygen atoms in total. The van der Waals surface area contributed by atoms with E-state index in [-0.39, 0.29) is 17.7 Å². The van der Waals surface area contributed by atoms with Crippen molar-refractivity contribution in [2.45, 2.75) is 31.9 Å². The number of methoxy groups -OCH3 is 1. The summed E-state index contributed by atoms with van der Waals surface area (Å²) in [6.45, 7) is 4.03. The zero-order valence-corrected chi connectivity index (χ0v) is 14.3. The quantitative estimate of drug-likeness (QED) is 0.907. The molecule has 0 saturated heterocycles. The molecule has 24 heavy (non-hydrogen) atoms. The highest BCUT2D eigenvalue weighted by Gasteiger charge is 2.34. The first kappa shape index (κ1) is 16.2. The number of amides is 2. The van der Waals surface area contributed by atoms with E-state index in [0.717, 1.165) is 11.3 Å². The van der Waals surface area contributed by atoms with E-state index >= 15 is 0 Å². The number of urea groups is 1. The second kappa shape index (κ2) is 6.07. The Kier molecular flexibility index (Phi) is 4.09. The molecule has 1 aliphatic heterocycles. The third-order valence-corrected chi connectivity index (χ3v) is 3.99. The first-order chi connectivity index (χ1) is 11.4. The van der Waals surface area contributed by atoms with E-state index in [9.17, 15) is 4.79 Å². The summed E-state index contributed by atoms with van der Waals surface area (Å²) in [4.78, 5) is 12.4. The topological polar surface area (TPSA) is 77.4 Å². The average Bonchev–Trinajstić information content (AvgIpc) is 2.86. The van der Waals surface area contributed by atoms with Gasteiger partial charge in [-0.3, -0.25) is 5.32 Å². The van der Waals surface area contributed by atoms with Crippen LogP contribution in [0.25, 0.3) is 0 Å². The lowest BCUT2D eigenvalue weighted by molar-refractivity contribution is 0.0683. The molecule has 0 aliphatic carbocycles. The van der Waals surface area contributed by atoms with Gasteiger partial charge in [-0.25, -0.2) is 9.48 Å². The summed E-state index contributed by atoms with van der Waals surface area (Å²) in [5.74, 6) is 1.82. The Labute approximate surface area is 140 Å². The lowest BCUT2D eigenvalue weighted by Crippen LogP contribution is -2.42. The van der Waals surface area contributed by atoms with Crippen LogP contribution in [-0.4, -0.2) is 28.5 Å². The van der Waals surface area contributed by atoms with Gasteiger partial charge in [-0.05, 0) is 19.9 Å². The highest BCUT2D eigenvalue weighted by Crippen LogP contribution is 2.39. The van der Waals surface area contributed by atoms with Gasteiger partial charge in [0.2, 0.25) is 5.88 Å². The van der Waals surface area contributed by atoms with Gasteiger partial charge >= 0.3 is 6.03 Å². The van der Waals surface area contributed by atoms with Gasteiger partial charge in [0.25, 0.3) is 0 Å². The number of carbonyl (C=O) groups is 1. The number of aryl methyl sites for hydroxylation is 1. The third kappa shape index (κ3) is 3.29.